The quantitative estimate of drug-likeness (QED) is 0.857. The molecule has 0 atom stereocenters. The van der Waals surface area contributed by atoms with Gasteiger partial charge >= 0.3 is 0 Å². The lowest BCUT2D eigenvalue weighted by Crippen LogP contribution is -2.27. The highest BCUT2D eigenvalue weighted by molar-refractivity contribution is 5.95. The summed E-state index contributed by atoms with van der Waals surface area (Å²) in [6.45, 7) is 2.25. The zero-order valence-electron chi connectivity index (χ0n) is 12.0. The van der Waals surface area contributed by atoms with Gasteiger partial charge in [0.1, 0.15) is 0 Å². The lowest BCUT2D eigenvalue weighted by Gasteiger charge is -2.26. The zero-order valence-corrected chi connectivity index (χ0v) is 12.0. The monoisotopic (exact) mass is 270 g/mol. The molecule has 0 unspecified atom stereocenters. The Bertz CT molecular complexity index is 594. The standard InChI is InChI=1S/C17H22N2O/c1-2-12-3-5-14(6-4-12)17(20)19-15-8-7-13-9-10-18-16(13)11-15/h7-12,14,18H,2-6H2,1H3,(H,19,20). The van der Waals surface area contributed by atoms with Crippen LogP contribution in [0.2, 0.25) is 0 Å². The maximum Gasteiger partial charge on any atom is 0.227 e. The Morgan fingerprint density at radius 3 is 2.80 bits per heavy atom. The van der Waals surface area contributed by atoms with Crippen LogP contribution in [0, 0.1) is 11.8 Å². The molecule has 3 rings (SSSR count). The average molecular weight is 270 g/mol. The highest BCUT2D eigenvalue weighted by Gasteiger charge is 2.25. The van der Waals surface area contributed by atoms with Gasteiger partial charge in [0.05, 0.1) is 0 Å². The van der Waals surface area contributed by atoms with E-state index >= 15 is 0 Å². The minimum absolute atomic E-state index is 0.186. The molecular formula is C17H22N2O. The average Bonchev–Trinajstić information content (AvgIpc) is 2.95. The van der Waals surface area contributed by atoms with Gasteiger partial charge in [-0.2, -0.15) is 0 Å². The second-order valence-corrected chi connectivity index (χ2v) is 5.89. The molecule has 0 aliphatic heterocycles. The minimum Gasteiger partial charge on any atom is -0.361 e. The Hall–Kier alpha value is -1.77. The third-order valence-electron chi connectivity index (χ3n) is 4.62. The van der Waals surface area contributed by atoms with Crippen LogP contribution in [0.1, 0.15) is 39.0 Å². The molecule has 1 aliphatic carbocycles. The van der Waals surface area contributed by atoms with Gasteiger partial charge in [-0.25, -0.2) is 0 Å². The van der Waals surface area contributed by atoms with Crippen molar-refractivity contribution in [1.29, 1.82) is 0 Å². The molecule has 1 fully saturated rings. The number of hydrogen-bond donors (Lipinski definition) is 2. The molecule has 1 aromatic heterocycles. The number of fused-ring (bicyclic) bond motifs is 1. The fraction of sp³-hybridized carbons (Fsp3) is 0.471. The third kappa shape index (κ3) is 2.72. The first-order valence-electron chi connectivity index (χ1n) is 7.64. The molecule has 0 bridgehead atoms. The Morgan fingerprint density at radius 2 is 2.05 bits per heavy atom. The predicted molar refractivity (Wildman–Crippen MR) is 82.7 cm³/mol. The summed E-state index contributed by atoms with van der Waals surface area (Å²) in [4.78, 5) is 15.5. The fourth-order valence-electron chi connectivity index (χ4n) is 3.20. The van der Waals surface area contributed by atoms with Gasteiger partial charge in [-0.1, -0.05) is 19.4 Å². The van der Waals surface area contributed by atoms with E-state index < -0.39 is 0 Å². The molecule has 106 valence electrons. The van der Waals surface area contributed by atoms with Gasteiger partial charge in [0.25, 0.3) is 0 Å². The van der Waals surface area contributed by atoms with E-state index in [0.717, 1.165) is 30.0 Å². The maximum atomic E-state index is 12.3. The normalized spacial score (nSPS) is 22.9. The first-order valence-corrected chi connectivity index (χ1v) is 7.64. The number of anilines is 1. The predicted octanol–water partition coefficient (Wildman–Crippen LogP) is 4.32. The van der Waals surface area contributed by atoms with Crippen molar-refractivity contribution in [3.8, 4) is 0 Å². The summed E-state index contributed by atoms with van der Waals surface area (Å²) in [5, 5.41) is 4.24. The Labute approximate surface area is 119 Å². The number of benzene rings is 1. The van der Waals surface area contributed by atoms with Gasteiger partial charge in [0.2, 0.25) is 5.91 Å². The molecular weight excluding hydrogens is 248 g/mol. The molecule has 1 amide bonds. The van der Waals surface area contributed by atoms with Crippen LogP contribution in [0.25, 0.3) is 10.9 Å². The van der Waals surface area contributed by atoms with E-state index in [1.54, 1.807) is 0 Å². The molecule has 20 heavy (non-hydrogen) atoms. The van der Waals surface area contributed by atoms with E-state index in [2.05, 4.69) is 17.2 Å². The zero-order chi connectivity index (χ0) is 13.9. The SMILES string of the molecule is CCC1CCC(C(=O)Nc2ccc3cc[nH]c3c2)CC1. The molecule has 2 N–H and O–H groups in total. The third-order valence-corrected chi connectivity index (χ3v) is 4.62. The molecule has 2 aromatic rings. The number of amides is 1. The van der Waals surface area contributed by atoms with Crippen molar-refractivity contribution in [3.63, 3.8) is 0 Å². The van der Waals surface area contributed by atoms with Gasteiger partial charge in [0.15, 0.2) is 0 Å². The highest BCUT2D eigenvalue weighted by atomic mass is 16.1. The van der Waals surface area contributed by atoms with Crippen molar-refractivity contribution in [2.45, 2.75) is 39.0 Å². The van der Waals surface area contributed by atoms with Gasteiger partial charge in [-0.15, -0.1) is 0 Å². The highest BCUT2D eigenvalue weighted by Crippen LogP contribution is 2.31. The molecule has 0 spiro atoms. The number of aromatic amines is 1. The van der Waals surface area contributed by atoms with Gasteiger partial charge < -0.3 is 10.3 Å². The van der Waals surface area contributed by atoms with Gasteiger partial charge in [-0.3, -0.25) is 4.79 Å². The van der Waals surface area contributed by atoms with Crippen LogP contribution in [-0.4, -0.2) is 10.9 Å². The van der Waals surface area contributed by atoms with E-state index in [1.807, 2.05) is 30.5 Å². The van der Waals surface area contributed by atoms with E-state index in [-0.39, 0.29) is 11.8 Å². The number of hydrogen-bond acceptors (Lipinski definition) is 1. The Kier molecular flexibility index (Phi) is 3.77. The fourth-order valence-corrected chi connectivity index (χ4v) is 3.20. The number of rotatable bonds is 3. The molecule has 0 radical (unpaired) electrons. The molecule has 3 heteroatoms. The molecule has 0 saturated heterocycles. The number of carbonyl (C=O) groups is 1. The second-order valence-electron chi connectivity index (χ2n) is 5.89. The largest absolute Gasteiger partial charge is 0.361 e. The summed E-state index contributed by atoms with van der Waals surface area (Å²) in [5.74, 6) is 1.21. The molecule has 1 aromatic carbocycles. The smallest absolute Gasteiger partial charge is 0.227 e. The number of H-pyrrole nitrogens is 1. The van der Waals surface area contributed by atoms with Crippen molar-refractivity contribution in [2.75, 3.05) is 5.32 Å². The Morgan fingerprint density at radius 1 is 1.25 bits per heavy atom. The van der Waals surface area contributed by atoms with Crippen LogP contribution in [0.4, 0.5) is 5.69 Å². The van der Waals surface area contributed by atoms with Gasteiger partial charge in [0, 0.05) is 23.3 Å². The van der Waals surface area contributed by atoms with Crippen molar-refractivity contribution in [2.24, 2.45) is 11.8 Å². The van der Waals surface area contributed by atoms with Crippen LogP contribution in [-0.2, 0) is 4.79 Å². The van der Waals surface area contributed by atoms with Crippen molar-refractivity contribution in [3.05, 3.63) is 30.5 Å². The summed E-state index contributed by atoms with van der Waals surface area (Å²) in [6, 6.07) is 8.05. The topological polar surface area (TPSA) is 44.9 Å². The summed E-state index contributed by atoms with van der Waals surface area (Å²) in [5.41, 5.74) is 1.96. The maximum absolute atomic E-state index is 12.3. The van der Waals surface area contributed by atoms with Crippen LogP contribution in [0.3, 0.4) is 0 Å². The summed E-state index contributed by atoms with van der Waals surface area (Å²) >= 11 is 0. The van der Waals surface area contributed by atoms with E-state index in [9.17, 15) is 4.79 Å². The van der Waals surface area contributed by atoms with Crippen LogP contribution in [0.15, 0.2) is 30.5 Å². The summed E-state index contributed by atoms with van der Waals surface area (Å²) in [7, 11) is 0. The number of nitrogens with one attached hydrogen (secondary N) is 2. The molecule has 1 aliphatic rings. The number of aromatic nitrogens is 1. The van der Waals surface area contributed by atoms with E-state index in [1.165, 1.54) is 24.6 Å². The molecule has 1 heterocycles. The minimum atomic E-state index is 0.186. The summed E-state index contributed by atoms with van der Waals surface area (Å²) in [6.07, 6.45) is 7.64. The molecule has 3 nitrogen and oxygen atoms in total. The number of carbonyl (C=O) groups excluding carboxylic acids is 1. The second kappa shape index (κ2) is 5.70. The van der Waals surface area contributed by atoms with Crippen LogP contribution in [0.5, 0.6) is 0 Å². The van der Waals surface area contributed by atoms with Crippen molar-refractivity contribution < 1.29 is 4.79 Å². The van der Waals surface area contributed by atoms with Crippen molar-refractivity contribution >= 4 is 22.5 Å². The Balaban J connectivity index is 1.63. The lowest BCUT2D eigenvalue weighted by atomic mass is 9.80. The van der Waals surface area contributed by atoms with Crippen molar-refractivity contribution in [1.82, 2.24) is 4.98 Å². The van der Waals surface area contributed by atoms with Crippen LogP contribution < -0.4 is 5.32 Å². The van der Waals surface area contributed by atoms with E-state index in [0.29, 0.717) is 0 Å². The molecule has 1 saturated carbocycles. The van der Waals surface area contributed by atoms with E-state index in [4.69, 9.17) is 0 Å². The first-order chi connectivity index (χ1) is 9.76. The lowest BCUT2D eigenvalue weighted by molar-refractivity contribution is -0.121. The van der Waals surface area contributed by atoms with Gasteiger partial charge in [-0.05, 0) is 55.2 Å². The van der Waals surface area contributed by atoms with Crippen LogP contribution >= 0.6 is 0 Å². The summed E-state index contributed by atoms with van der Waals surface area (Å²) < 4.78 is 0. The first kappa shape index (κ1) is 13.2.